The van der Waals surface area contributed by atoms with E-state index in [0.717, 1.165) is 17.1 Å². The molecule has 114 valence electrons. The van der Waals surface area contributed by atoms with Crippen LogP contribution in [0.3, 0.4) is 0 Å². The van der Waals surface area contributed by atoms with Crippen LogP contribution in [0, 0.1) is 0 Å². The van der Waals surface area contributed by atoms with Crippen molar-refractivity contribution in [3.05, 3.63) is 30.0 Å². The highest BCUT2D eigenvalue weighted by Crippen LogP contribution is 2.31. The first-order valence-corrected chi connectivity index (χ1v) is 6.77. The van der Waals surface area contributed by atoms with Gasteiger partial charge in [0, 0.05) is 12.1 Å². The summed E-state index contributed by atoms with van der Waals surface area (Å²) in [6.07, 6.45) is 3.21. The predicted octanol–water partition coefficient (Wildman–Crippen LogP) is 1.58. The van der Waals surface area contributed by atoms with Crippen LogP contribution in [0.15, 0.2) is 18.6 Å². The van der Waals surface area contributed by atoms with Crippen LogP contribution >= 0.6 is 0 Å². The van der Waals surface area contributed by atoms with Gasteiger partial charge in [-0.3, -0.25) is 4.68 Å². The molecule has 7 nitrogen and oxygen atoms in total. The third-order valence-corrected chi connectivity index (χ3v) is 3.24. The van der Waals surface area contributed by atoms with Crippen LogP contribution in [0.5, 0.6) is 11.6 Å². The van der Waals surface area contributed by atoms with Gasteiger partial charge in [-0.05, 0) is 20.9 Å². The van der Waals surface area contributed by atoms with E-state index in [-0.39, 0.29) is 12.1 Å². The molecule has 2 rings (SSSR count). The van der Waals surface area contributed by atoms with Crippen LogP contribution in [0.25, 0.3) is 0 Å². The monoisotopic (exact) mass is 291 g/mol. The molecular formula is C14H21N5O2. The summed E-state index contributed by atoms with van der Waals surface area (Å²) in [5.74, 6) is 1.25. The predicted molar refractivity (Wildman–Crippen MR) is 78.7 cm³/mol. The summed E-state index contributed by atoms with van der Waals surface area (Å²) >= 11 is 0. The molecule has 2 aromatic heterocycles. The fourth-order valence-corrected chi connectivity index (χ4v) is 2.25. The van der Waals surface area contributed by atoms with Gasteiger partial charge in [-0.2, -0.15) is 5.10 Å². The summed E-state index contributed by atoms with van der Waals surface area (Å²) in [7, 11) is 5.09. The van der Waals surface area contributed by atoms with Gasteiger partial charge < -0.3 is 14.8 Å². The number of rotatable bonds is 6. The summed E-state index contributed by atoms with van der Waals surface area (Å²) in [6, 6.07) is 1.85. The first kappa shape index (κ1) is 15.2. The fourth-order valence-electron chi connectivity index (χ4n) is 2.25. The van der Waals surface area contributed by atoms with Crippen LogP contribution in [-0.2, 0) is 0 Å². The van der Waals surface area contributed by atoms with Crippen molar-refractivity contribution in [3.63, 3.8) is 0 Å². The average molecular weight is 291 g/mol. The first-order valence-electron chi connectivity index (χ1n) is 6.77. The van der Waals surface area contributed by atoms with Crippen LogP contribution in [0.4, 0.5) is 0 Å². The molecule has 1 unspecified atom stereocenters. The van der Waals surface area contributed by atoms with Crippen LogP contribution < -0.4 is 14.8 Å². The summed E-state index contributed by atoms with van der Waals surface area (Å²) in [4.78, 5) is 8.38. The zero-order chi connectivity index (χ0) is 15.4. The number of nitrogens with one attached hydrogen (secondary N) is 1. The molecular weight excluding hydrogens is 270 g/mol. The molecule has 0 bridgehead atoms. The van der Waals surface area contributed by atoms with E-state index in [0.29, 0.717) is 5.88 Å². The minimum atomic E-state index is -0.165. The van der Waals surface area contributed by atoms with Crippen molar-refractivity contribution in [3.8, 4) is 11.6 Å². The Morgan fingerprint density at radius 1 is 1.19 bits per heavy atom. The SMILES string of the molecule is CNC(c1cc(OC)ncn1)c1c(OC)cnn1C(C)C. The summed E-state index contributed by atoms with van der Waals surface area (Å²) in [5.41, 5.74) is 1.72. The summed E-state index contributed by atoms with van der Waals surface area (Å²) in [5, 5.41) is 7.66. The molecule has 0 amide bonds. The Hall–Kier alpha value is -2.15. The summed E-state index contributed by atoms with van der Waals surface area (Å²) in [6.45, 7) is 4.15. The number of hydrogen-bond acceptors (Lipinski definition) is 6. The molecule has 0 saturated heterocycles. The zero-order valence-corrected chi connectivity index (χ0v) is 13.0. The van der Waals surface area contributed by atoms with Gasteiger partial charge in [-0.25, -0.2) is 9.97 Å². The van der Waals surface area contributed by atoms with Crippen molar-refractivity contribution in [1.82, 2.24) is 25.1 Å². The van der Waals surface area contributed by atoms with Crippen molar-refractivity contribution in [1.29, 1.82) is 0 Å². The molecule has 0 spiro atoms. The minimum absolute atomic E-state index is 0.165. The van der Waals surface area contributed by atoms with Gasteiger partial charge in [0.1, 0.15) is 12.0 Å². The Morgan fingerprint density at radius 2 is 1.95 bits per heavy atom. The Balaban J connectivity index is 2.52. The smallest absolute Gasteiger partial charge is 0.216 e. The lowest BCUT2D eigenvalue weighted by atomic mass is 10.1. The molecule has 21 heavy (non-hydrogen) atoms. The topological polar surface area (TPSA) is 74.1 Å². The van der Waals surface area contributed by atoms with E-state index in [2.05, 4.69) is 34.2 Å². The molecule has 1 N–H and O–H groups in total. The van der Waals surface area contributed by atoms with Gasteiger partial charge >= 0.3 is 0 Å². The molecule has 0 radical (unpaired) electrons. The van der Waals surface area contributed by atoms with E-state index in [1.54, 1.807) is 26.5 Å². The van der Waals surface area contributed by atoms with Crippen molar-refractivity contribution in [2.24, 2.45) is 0 Å². The first-order chi connectivity index (χ1) is 10.1. The average Bonchev–Trinajstić information content (AvgIpc) is 2.92. The maximum atomic E-state index is 5.44. The van der Waals surface area contributed by atoms with Gasteiger partial charge in [-0.15, -0.1) is 0 Å². The maximum Gasteiger partial charge on any atom is 0.216 e. The summed E-state index contributed by atoms with van der Waals surface area (Å²) < 4.78 is 12.5. The lowest BCUT2D eigenvalue weighted by molar-refractivity contribution is 0.389. The second kappa shape index (κ2) is 6.53. The molecule has 0 aliphatic rings. The molecule has 7 heteroatoms. The normalized spacial score (nSPS) is 12.5. The molecule has 0 saturated carbocycles. The van der Waals surface area contributed by atoms with Gasteiger partial charge in [0.05, 0.1) is 32.2 Å². The van der Waals surface area contributed by atoms with Crippen molar-refractivity contribution >= 4 is 0 Å². The van der Waals surface area contributed by atoms with Crippen molar-refractivity contribution < 1.29 is 9.47 Å². The quantitative estimate of drug-likeness (QED) is 0.871. The van der Waals surface area contributed by atoms with Gasteiger partial charge in [0.2, 0.25) is 5.88 Å². The van der Waals surface area contributed by atoms with E-state index in [1.165, 1.54) is 6.33 Å². The van der Waals surface area contributed by atoms with Gasteiger partial charge in [-0.1, -0.05) is 0 Å². The van der Waals surface area contributed by atoms with Gasteiger partial charge in [0.15, 0.2) is 5.75 Å². The fraction of sp³-hybridized carbons (Fsp3) is 0.500. The standard InChI is InChI=1S/C14H21N5O2/c1-9(2)19-14(11(20-4)7-18-19)13(15-3)10-6-12(21-5)17-8-16-10/h6-9,13,15H,1-5H3. The van der Waals surface area contributed by atoms with E-state index < -0.39 is 0 Å². The highest BCUT2D eigenvalue weighted by molar-refractivity contribution is 5.35. The number of aromatic nitrogens is 4. The number of hydrogen-bond donors (Lipinski definition) is 1. The molecule has 2 heterocycles. The minimum Gasteiger partial charge on any atom is -0.493 e. The third kappa shape index (κ3) is 2.97. The Labute approximate surface area is 124 Å². The Morgan fingerprint density at radius 3 is 2.52 bits per heavy atom. The van der Waals surface area contributed by atoms with Crippen molar-refractivity contribution in [2.75, 3.05) is 21.3 Å². The van der Waals surface area contributed by atoms with E-state index in [1.807, 2.05) is 11.7 Å². The molecule has 0 fully saturated rings. The van der Waals surface area contributed by atoms with Crippen LogP contribution in [-0.4, -0.2) is 41.0 Å². The zero-order valence-electron chi connectivity index (χ0n) is 13.0. The largest absolute Gasteiger partial charge is 0.493 e. The number of nitrogens with zero attached hydrogens (tertiary/aromatic N) is 4. The Bertz CT molecular complexity index is 597. The Kier molecular flexibility index (Phi) is 4.74. The van der Waals surface area contributed by atoms with E-state index in [4.69, 9.17) is 9.47 Å². The lowest BCUT2D eigenvalue weighted by Crippen LogP contribution is -2.24. The molecule has 0 aliphatic carbocycles. The van der Waals surface area contributed by atoms with Crippen molar-refractivity contribution in [2.45, 2.75) is 25.9 Å². The second-order valence-corrected chi connectivity index (χ2v) is 4.84. The molecule has 2 aromatic rings. The molecule has 0 aliphatic heterocycles. The van der Waals surface area contributed by atoms with Crippen LogP contribution in [0.2, 0.25) is 0 Å². The van der Waals surface area contributed by atoms with E-state index >= 15 is 0 Å². The third-order valence-electron chi connectivity index (χ3n) is 3.24. The highest BCUT2D eigenvalue weighted by Gasteiger charge is 2.25. The maximum absolute atomic E-state index is 5.44. The highest BCUT2D eigenvalue weighted by atomic mass is 16.5. The van der Waals surface area contributed by atoms with Crippen LogP contribution in [0.1, 0.15) is 37.3 Å². The number of ether oxygens (including phenoxy) is 2. The molecule has 0 aromatic carbocycles. The molecule has 1 atom stereocenters. The lowest BCUT2D eigenvalue weighted by Gasteiger charge is -2.20. The van der Waals surface area contributed by atoms with Gasteiger partial charge in [0.25, 0.3) is 0 Å². The van der Waals surface area contributed by atoms with E-state index in [9.17, 15) is 0 Å². The second-order valence-electron chi connectivity index (χ2n) is 4.84. The number of methoxy groups -OCH3 is 2.